The summed E-state index contributed by atoms with van der Waals surface area (Å²) in [5.74, 6) is -0.240. The molecule has 1 fully saturated rings. The molecule has 0 unspecified atom stereocenters. The fourth-order valence-corrected chi connectivity index (χ4v) is 5.44. The highest BCUT2D eigenvalue weighted by Crippen LogP contribution is 2.41. The van der Waals surface area contributed by atoms with Gasteiger partial charge in [-0.2, -0.15) is 0 Å². The largest absolute Gasteiger partial charge is 0.361 e. The Kier molecular flexibility index (Phi) is 5.45. The third-order valence-electron chi connectivity index (χ3n) is 7.11. The Bertz CT molecular complexity index is 1160. The minimum atomic E-state index is -0.414. The van der Waals surface area contributed by atoms with Gasteiger partial charge < -0.3 is 15.2 Å². The molecule has 0 radical (unpaired) electrons. The minimum absolute atomic E-state index is 0.0262. The Morgan fingerprint density at radius 2 is 1.94 bits per heavy atom. The van der Waals surface area contributed by atoms with Crippen molar-refractivity contribution in [2.75, 3.05) is 6.54 Å². The van der Waals surface area contributed by atoms with E-state index in [2.05, 4.69) is 10.3 Å². The van der Waals surface area contributed by atoms with Gasteiger partial charge in [-0.15, -0.1) is 0 Å². The summed E-state index contributed by atoms with van der Waals surface area (Å²) in [6.07, 6.45) is 7.77. The number of benzene rings is 2. The third-order valence-corrected chi connectivity index (χ3v) is 7.11. The van der Waals surface area contributed by atoms with Crippen molar-refractivity contribution >= 4 is 22.7 Å². The predicted octanol–water partition coefficient (Wildman–Crippen LogP) is 4.71. The molecule has 2 N–H and O–H groups in total. The predicted molar refractivity (Wildman–Crippen MR) is 122 cm³/mol. The van der Waals surface area contributed by atoms with E-state index in [9.17, 15) is 14.0 Å². The number of H-pyrrole nitrogens is 1. The van der Waals surface area contributed by atoms with Crippen LogP contribution in [0.3, 0.4) is 0 Å². The monoisotopic (exact) mass is 433 g/mol. The molecular weight excluding hydrogens is 405 g/mol. The van der Waals surface area contributed by atoms with Gasteiger partial charge in [0, 0.05) is 42.2 Å². The van der Waals surface area contributed by atoms with E-state index in [1.807, 2.05) is 35.4 Å². The number of nitrogens with one attached hydrogen (secondary N) is 2. The average Bonchev–Trinajstić information content (AvgIpc) is 3.35. The first-order valence-electron chi connectivity index (χ1n) is 11.5. The second-order valence-corrected chi connectivity index (χ2v) is 9.11. The standard InChI is InChI=1S/C26H28FN3O2/c27-20-8-9-23-22(14-20)18(16-29-23)10-13-28-24(31)15-26(11-4-1-5-12-26)30-17-19-6-2-3-7-21(19)25(30)32/h2-3,6-9,14,16,29H,1,4-5,10-13,15,17H2,(H,28,31). The molecule has 1 aliphatic heterocycles. The van der Waals surface area contributed by atoms with Crippen LogP contribution in [-0.4, -0.2) is 33.8 Å². The Hall–Kier alpha value is -3.15. The molecule has 3 aromatic rings. The molecule has 5 rings (SSSR count). The molecule has 6 heteroatoms. The fourth-order valence-electron chi connectivity index (χ4n) is 5.44. The van der Waals surface area contributed by atoms with Crippen molar-refractivity contribution in [3.05, 3.63) is 71.2 Å². The van der Waals surface area contributed by atoms with Crippen molar-refractivity contribution < 1.29 is 14.0 Å². The maximum Gasteiger partial charge on any atom is 0.254 e. The van der Waals surface area contributed by atoms with E-state index in [0.29, 0.717) is 25.9 Å². The number of aromatic nitrogens is 1. The SMILES string of the molecule is O=C(CC1(N2Cc3ccccc3C2=O)CCCCC1)NCCc1c[nH]c2ccc(F)cc12. The molecule has 0 spiro atoms. The Morgan fingerprint density at radius 1 is 1.12 bits per heavy atom. The molecule has 2 aromatic carbocycles. The zero-order valence-electron chi connectivity index (χ0n) is 18.1. The molecule has 0 bridgehead atoms. The number of carbonyl (C=O) groups is 2. The first-order chi connectivity index (χ1) is 15.6. The number of fused-ring (bicyclic) bond motifs is 2. The number of aromatic amines is 1. The summed E-state index contributed by atoms with van der Waals surface area (Å²) in [6.45, 7) is 1.07. The van der Waals surface area contributed by atoms with Gasteiger partial charge >= 0.3 is 0 Å². The molecule has 0 saturated heterocycles. The Morgan fingerprint density at radius 3 is 2.75 bits per heavy atom. The summed E-state index contributed by atoms with van der Waals surface area (Å²) in [7, 11) is 0. The maximum atomic E-state index is 13.6. The molecule has 0 atom stereocenters. The van der Waals surface area contributed by atoms with Crippen LogP contribution in [0.1, 0.15) is 60.0 Å². The summed E-state index contributed by atoms with van der Waals surface area (Å²) in [5.41, 5.74) is 3.28. The summed E-state index contributed by atoms with van der Waals surface area (Å²) in [6, 6.07) is 12.4. The molecule has 1 aliphatic carbocycles. The lowest BCUT2D eigenvalue weighted by Gasteiger charge is -2.44. The first kappa shape index (κ1) is 20.7. The van der Waals surface area contributed by atoms with Gasteiger partial charge in [-0.05, 0) is 54.7 Å². The lowest BCUT2D eigenvalue weighted by atomic mass is 9.77. The van der Waals surface area contributed by atoms with Crippen LogP contribution in [0.4, 0.5) is 4.39 Å². The van der Waals surface area contributed by atoms with Gasteiger partial charge in [-0.25, -0.2) is 4.39 Å². The number of halogens is 1. The van der Waals surface area contributed by atoms with Crippen LogP contribution in [0.5, 0.6) is 0 Å². The van der Waals surface area contributed by atoms with Crippen molar-refractivity contribution in [2.24, 2.45) is 0 Å². The van der Waals surface area contributed by atoms with E-state index in [1.54, 1.807) is 6.07 Å². The van der Waals surface area contributed by atoms with Crippen LogP contribution >= 0.6 is 0 Å². The van der Waals surface area contributed by atoms with Gasteiger partial charge in [0.1, 0.15) is 5.82 Å². The van der Waals surface area contributed by atoms with E-state index >= 15 is 0 Å². The first-order valence-corrected chi connectivity index (χ1v) is 11.5. The third kappa shape index (κ3) is 3.78. The van der Waals surface area contributed by atoms with E-state index < -0.39 is 5.54 Å². The highest BCUT2D eigenvalue weighted by molar-refractivity contribution is 5.99. The van der Waals surface area contributed by atoms with Crippen LogP contribution in [0.15, 0.2) is 48.7 Å². The molecular formula is C26H28FN3O2. The van der Waals surface area contributed by atoms with Crippen molar-refractivity contribution in [3.8, 4) is 0 Å². The topological polar surface area (TPSA) is 65.2 Å². The van der Waals surface area contributed by atoms with Crippen molar-refractivity contribution in [2.45, 2.75) is 57.0 Å². The lowest BCUT2D eigenvalue weighted by molar-refractivity contribution is -0.124. The van der Waals surface area contributed by atoms with Crippen LogP contribution < -0.4 is 5.32 Å². The van der Waals surface area contributed by atoms with E-state index in [-0.39, 0.29) is 17.6 Å². The molecule has 1 saturated carbocycles. The average molecular weight is 434 g/mol. The van der Waals surface area contributed by atoms with Crippen LogP contribution in [0.25, 0.3) is 10.9 Å². The van der Waals surface area contributed by atoms with Gasteiger partial charge in [0.25, 0.3) is 5.91 Å². The number of amides is 2. The van der Waals surface area contributed by atoms with E-state index in [0.717, 1.165) is 59.7 Å². The van der Waals surface area contributed by atoms with E-state index in [4.69, 9.17) is 0 Å². The number of rotatable bonds is 6. The molecule has 32 heavy (non-hydrogen) atoms. The molecule has 5 nitrogen and oxygen atoms in total. The van der Waals surface area contributed by atoms with E-state index in [1.165, 1.54) is 12.1 Å². The van der Waals surface area contributed by atoms with Gasteiger partial charge in [-0.1, -0.05) is 37.5 Å². The number of carbonyl (C=O) groups excluding carboxylic acids is 2. The summed E-state index contributed by atoms with van der Waals surface area (Å²) in [4.78, 5) is 31.3. The molecule has 1 aromatic heterocycles. The van der Waals surface area contributed by atoms with Crippen LogP contribution in [-0.2, 0) is 17.8 Å². The second kappa shape index (κ2) is 8.41. The number of hydrogen-bond acceptors (Lipinski definition) is 2. The normalized spacial score (nSPS) is 17.5. The lowest BCUT2D eigenvalue weighted by Crippen LogP contribution is -2.52. The van der Waals surface area contributed by atoms with Crippen molar-refractivity contribution in [3.63, 3.8) is 0 Å². The second-order valence-electron chi connectivity index (χ2n) is 9.11. The van der Waals surface area contributed by atoms with Gasteiger partial charge in [0.05, 0.1) is 5.54 Å². The van der Waals surface area contributed by atoms with Crippen molar-refractivity contribution in [1.29, 1.82) is 0 Å². The van der Waals surface area contributed by atoms with Crippen LogP contribution in [0, 0.1) is 5.82 Å². The van der Waals surface area contributed by atoms with Gasteiger partial charge in [-0.3, -0.25) is 9.59 Å². The smallest absolute Gasteiger partial charge is 0.254 e. The quantitative estimate of drug-likeness (QED) is 0.591. The molecule has 2 amide bonds. The molecule has 2 heterocycles. The number of hydrogen-bond donors (Lipinski definition) is 2. The van der Waals surface area contributed by atoms with Gasteiger partial charge in [0.15, 0.2) is 0 Å². The molecule has 2 aliphatic rings. The number of nitrogens with zero attached hydrogens (tertiary/aromatic N) is 1. The van der Waals surface area contributed by atoms with Crippen LogP contribution in [0.2, 0.25) is 0 Å². The van der Waals surface area contributed by atoms with Gasteiger partial charge in [0.2, 0.25) is 5.91 Å². The Labute approximate surface area is 187 Å². The molecule has 166 valence electrons. The highest BCUT2D eigenvalue weighted by Gasteiger charge is 2.45. The minimum Gasteiger partial charge on any atom is -0.361 e. The summed E-state index contributed by atoms with van der Waals surface area (Å²) in [5, 5.41) is 3.90. The maximum absolute atomic E-state index is 13.6. The summed E-state index contributed by atoms with van der Waals surface area (Å²) >= 11 is 0. The van der Waals surface area contributed by atoms with Crippen molar-refractivity contribution in [1.82, 2.24) is 15.2 Å². The fraction of sp³-hybridized carbons (Fsp3) is 0.385. The zero-order valence-corrected chi connectivity index (χ0v) is 18.1. The Balaban J connectivity index is 1.26. The highest BCUT2D eigenvalue weighted by atomic mass is 19.1. The summed E-state index contributed by atoms with van der Waals surface area (Å²) < 4.78 is 13.6. The zero-order chi connectivity index (χ0) is 22.1.